The number of hydrogen-bond donors (Lipinski definition) is 0. The van der Waals surface area contributed by atoms with Crippen LogP contribution in [0.1, 0.15) is 11.1 Å². The molecule has 0 aliphatic rings. The number of nitrogens with zero attached hydrogens (tertiary/aromatic N) is 2. The van der Waals surface area contributed by atoms with E-state index >= 15 is 0 Å². The summed E-state index contributed by atoms with van der Waals surface area (Å²) < 4.78 is 4.90. The first-order valence-electron chi connectivity index (χ1n) is 4.40. The highest BCUT2D eigenvalue weighted by molar-refractivity contribution is 5.69. The zero-order chi connectivity index (χ0) is 11.4. The summed E-state index contributed by atoms with van der Waals surface area (Å²) in [6.07, 6.45) is -0.798. The van der Waals surface area contributed by atoms with Crippen molar-refractivity contribution >= 4 is 6.09 Å². The molecule has 0 bridgehead atoms. The van der Waals surface area contributed by atoms with E-state index in [2.05, 4.69) is 5.29 Å². The van der Waals surface area contributed by atoms with Gasteiger partial charge in [0, 0.05) is 7.05 Å². The lowest BCUT2D eigenvalue weighted by atomic mass is 10.1. The molecule has 0 aromatic heterocycles. The van der Waals surface area contributed by atoms with Crippen LogP contribution in [0.3, 0.4) is 0 Å². The van der Waals surface area contributed by atoms with E-state index in [9.17, 15) is 9.70 Å². The van der Waals surface area contributed by atoms with Gasteiger partial charge < -0.3 is 4.74 Å². The van der Waals surface area contributed by atoms with Crippen molar-refractivity contribution < 1.29 is 9.53 Å². The molecule has 1 aromatic rings. The summed E-state index contributed by atoms with van der Waals surface area (Å²) in [5.41, 5.74) is 2.12. The summed E-state index contributed by atoms with van der Waals surface area (Å²) in [6, 6.07) is 5.23. The Bertz CT molecular complexity index is 390. The molecule has 0 unspecified atom stereocenters. The van der Waals surface area contributed by atoms with Crippen molar-refractivity contribution in [1.29, 1.82) is 0 Å². The number of carbonyl (C=O) groups is 1. The molecule has 5 heteroatoms. The Hall–Kier alpha value is -1.91. The Morgan fingerprint density at radius 1 is 1.33 bits per heavy atom. The molecule has 0 aliphatic heterocycles. The Kier molecular flexibility index (Phi) is 3.38. The first-order chi connectivity index (χ1) is 7.04. The van der Waals surface area contributed by atoms with Crippen LogP contribution in [0.25, 0.3) is 0 Å². The quantitative estimate of drug-likeness (QED) is 0.554. The molecule has 1 rings (SSSR count). The van der Waals surface area contributed by atoms with Gasteiger partial charge in [0.2, 0.25) is 0 Å². The summed E-state index contributed by atoms with van der Waals surface area (Å²) in [6.45, 7) is 3.87. The lowest BCUT2D eigenvalue weighted by Crippen LogP contribution is -2.24. The molecule has 0 heterocycles. The van der Waals surface area contributed by atoms with Crippen LogP contribution in [0.4, 0.5) is 4.79 Å². The fourth-order valence-corrected chi connectivity index (χ4v) is 0.978. The number of aryl methyl sites for hydroxylation is 2. The minimum absolute atomic E-state index is 0.401. The Labute approximate surface area is 87.6 Å². The Morgan fingerprint density at radius 3 is 2.53 bits per heavy atom. The van der Waals surface area contributed by atoms with Crippen molar-refractivity contribution in [3.05, 3.63) is 34.2 Å². The molecule has 15 heavy (non-hydrogen) atoms. The number of nitroso groups, excluding NO2 is 1. The molecule has 5 nitrogen and oxygen atoms in total. The van der Waals surface area contributed by atoms with Crippen molar-refractivity contribution in [1.82, 2.24) is 5.01 Å². The standard InChI is InChI=1S/C10H12N2O3/c1-7-4-5-9(6-8(7)2)15-10(13)12(3)11-14/h4-6H,1-3H3. The number of rotatable bonds is 2. The lowest BCUT2D eigenvalue weighted by molar-refractivity contribution is 0.164. The van der Waals surface area contributed by atoms with Gasteiger partial charge in [0.05, 0.1) is 5.29 Å². The predicted octanol–water partition coefficient (Wildman–Crippen LogP) is 2.42. The summed E-state index contributed by atoms with van der Waals surface area (Å²) in [7, 11) is 1.23. The van der Waals surface area contributed by atoms with Gasteiger partial charge in [0.25, 0.3) is 0 Å². The monoisotopic (exact) mass is 208 g/mol. The molecule has 1 aromatic carbocycles. The van der Waals surface area contributed by atoms with E-state index in [-0.39, 0.29) is 0 Å². The molecular formula is C10H12N2O3. The zero-order valence-electron chi connectivity index (χ0n) is 8.85. The number of amides is 1. The fraction of sp³-hybridized carbons (Fsp3) is 0.300. The third kappa shape index (κ3) is 2.77. The first kappa shape index (κ1) is 11.2. The maximum absolute atomic E-state index is 11.1. The van der Waals surface area contributed by atoms with Crippen LogP contribution in [-0.4, -0.2) is 18.1 Å². The van der Waals surface area contributed by atoms with E-state index in [0.29, 0.717) is 10.8 Å². The molecule has 0 spiro atoms. The van der Waals surface area contributed by atoms with Crippen LogP contribution in [0, 0.1) is 18.8 Å². The van der Waals surface area contributed by atoms with Gasteiger partial charge in [-0.25, -0.2) is 4.79 Å². The number of benzene rings is 1. The third-order valence-electron chi connectivity index (χ3n) is 2.07. The second-order valence-corrected chi connectivity index (χ2v) is 3.22. The smallest absolute Gasteiger partial charge is 0.409 e. The highest BCUT2D eigenvalue weighted by Gasteiger charge is 2.11. The van der Waals surface area contributed by atoms with Gasteiger partial charge in [-0.05, 0) is 37.1 Å². The fourth-order valence-electron chi connectivity index (χ4n) is 0.978. The molecule has 1 amide bonds. The second-order valence-electron chi connectivity index (χ2n) is 3.22. The number of hydrogen-bond acceptors (Lipinski definition) is 4. The maximum atomic E-state index is 11.1. The number of ether oxygens (including phenoxy) is 1. The van der Waals surface area contributed by atoms with E-state index in [0.717, 1.165) is 11.1 Å². The average molecular weight is 208 g/mol. The molecule has 0 radical (unpaired) electrons. The summed E-state index contributed by atoms with van der Waals surface area (Å²) in [5.74, 6) is 0.401. The molecule has 80 valence electrons. The molecular weight excluding hydrogens is 196 g/mol. The normalized spacial score (nSPS) is 9.53. The van der Waals surface area contributed by atoms with E-state index < -0.39 is 6.09 Å². The lowest BCUT2D eigenvalue weighted by Gasteiger charge is -2.09. The minimum Gasteiger partial charge on any atom is -0.409 e. The topological polar surface area (TPSA) is 59.0 Å². The van der Waals surface area contributed by atoms with Gasteiger partial charge in [0.1, 0.15) is 5.75 Å². The average Bonchev–Trinajstić information content (AvgIpc) is 2.22. The van der Waals surface area contributed by atoms with Gasteiger partial charge >= 0.3 is 6.09 Å². The minimum atomic E-state index is -0.798. The molecule has 0 atom stereocenters. The van der Waals surface area contributed by atoms with Crippen molar-refractivity contribution in [2.24, 2.45) is 5.29 Å². The van der Waals surface area contributed by atoms with Crippen LogP contribution in [0.2, 0.25) is 0 Å². The predicted molar refractivity (Wildman–Crippen MR) is 55.5 cm³/mol. The van der Waals surface area contributed by atoms with E-state index in [4.69, 9.17) is 4.74 Å². The van der Waals surface area contributed by atoms with Crippen molar-refractivity contribution in [2.75, 3.05) is 7.05 Å². The largest absolute Gasteiger partial charge is 0.438 e. The van der Waals surface area contributed by atoms with Gasteiger partial charge in [-0.2, -0.15) is 5.01 Å². The summed E-state index contributed by atoms with van der Waals surface area (Å²) in [5, 5.41) is 3.03. The highest BCUT2D eigenvalue weighted by atomic mass is 16.6. The maximum Gasteiger partial charge on any atom is 0.438 e. The number of carbonyl (C=O) groups excluding carboxylic acids is 1. The Balaban J connectivity index is 2.77. The van der Waals surface area contributed by atoms with E-state index in [1.54, 1.807) is 12.1 Å². The van der Waals surface area contributed by atoms with E-state index in [1.807, 2.05) is 19.9 Å². The van der Waals surface area contributed by atoms with Crippen molar-refractivity contribution in [3.63, 3.8) is 0 Å². The third-order valence-corrected chi connectivity index (χ3v) is 2.07. The summed E-state index contributed by atoms with van der Waals surface area (Å²) >= 11 is 0. The van der Waals surface area contributed by atoms with Gasteiger partial charge in [-0.1, -0.05) is 6.07 Å². The Morgan fingerprint density at radius 2 is 2.00 bits per heavy atom. The van der Waals surface area contributed by atoms with Crippen LogP contribution in [0.5, 0.6) is 5.75 Å². The second kappa shape index (κ2) is 4.54. The molecule has 0 aliphatic carbocycles. The SMILES string of the molecule is Cc1ccc(OC(=O)N(C)N=O)cc1C. The van der Waals surface area contributed by atoms with Crippen LogP contribution in [-0.2, 0) is 0 Å². The van der Waals surface area contributed by atoms with Crippen molar-refractivity contribution in [3.8, 4) is 5.75 Å². The highest BCUT2D eigenvalue weighted by Crippen LogP contribution is 2.16. The van der Waals surface area contributed by atoms with Crippen LogP contribution < -0.4 is 4.74 Å². The van der Waals surface area contributed by atoms with Crippen molar-refractivity contribution in [2.45, 2.75) is 13.8 Å². The first-order valence-corrected chi connectivity index (χ1v) is 4.40. The molecule has 0 fully saturated rings. The molecule has 0 saturated carbocycles. The van der Waals surface area contributed by atoms with Gasteiger partial charge in [-0.15, -0.1) is 4.91 Å². The van der Waals surface area contributed by atoms with Gasteiger partial charge in [0.15, 0.2) is 0 Å². The molecule has 0 saturated heterocycles. The zero-order valence-corrected chi connectivity index (χ0v) is 8.85. The van der Waals surface area contributed by atoms with Crippen LogP contribution >= 0.6 is 0 Å². The van der Waals surface area contributed by atoms with Crippen LogP contribution in [0.15, 0.2) is 23.5 Å². The van der Waals surface area contributed by atoms with E-state index in [1.165, 1.54) is 7.05 Å². The molecule has 0 N–H and O–H groups in total. The van der Waals surface area contributed by atoms with Gasteiger partial charge in [-0.3, -0.25) is 0 Å². The summed E-state index contributed by atoms with van der Waals surface area (Å²) in [4.78, 5) is 21.2.